The van der Waals surface area contributed by atoms with Gasteiger partial charge in [0.1, 0.15) is 17.6 Å². The number of carbonyl (C=O) groups excluding carboxylic acids is 2. The van der Waals surface area contributed by atoms with Gasteiger partial charge in [0.2, 0.25) is 5.91 Å². The molecule has 5 nitrogen and oxygen atoms in total. The third-order valence-corrected chi connectivity index (χ3v) is 6.16. The molecule has 0 unspecified atom stereocenters. The minimum absolute atomic E-state index is 0.0474. The number of aryl methyl sites for hydroxylation is 1. The SMILES string of the molecule is Cc1cccc(OCC(=O)N(Cc2ccccc2F)[C@@H](Cc2ccccc2)C(=O)NCC(C)C)c1C. The van der Waals surface area contributed by atoms with E-state index in [0.717, 1.165) is 16.7 Å². The van der Waals surface area contributed by atoms with Crippen molar-refractivity contribution in [3.05, 3.63) is 101 Å². The van der Waals surface area contributed by atoms with Crippen LogP contribution in [-0.2, 0) is 22.6 Å². The van der Waals surface area contributed by atoms with Crippen LogP contribution in [-0.4, -0.2) is 35.9 Å². The maximum atomic E-state index is 14.6. The van der Waals surface area contributed by atoms with Crippen molar-refractivity contribution in [2.45, 2.75) is 46.7 Å². The molecule has 1 atom stereocenters. The fourth-order valence-corrected chi connectivity index (χ4v) is 3.89. The summed E-state index contributed by atoms with van der Waals surface area (Å²) in [5, 5.41) is 2.96. The number of rotatable bonds is 11. The van der Waals surface area contributed by atoms with Gasteiger partial charge in [-0.25, -0.2) is 4.39 Å². The Morgan fingerprint density at radius 2 is 1.64 bits per heavy atom. The molecule has 0 saturated heterocycles. The number of nitrogens with one attached hydrogen (secondary N) is 1. The minimum atomic E-state index is -0.833. The molecule has 0 aliphatic carbocycles. The van der Waals surface area contributed by atoms with Gasteiger partial charge in [0.15, 0.2) is 6.61 Å². The standard InChI is InChI=1S/C30H35FN2O3/c1-21(2)18-32-30(35)27(17-24-12-6-5-7-13-24)33(19-25-14-8-9-15-26(25)31)29(34)20-36-28-16-10-11-22(3)23(28)4/h5-16,21,27H,17-20H2,1-4H3,(H,32,35)/t27-/m0/s1. The summed E-state index contributed by atoms with van der Waals surface area (Å²) in [7, 11) is 0. The van der Waals surface area contributed by atoms with Gasteiger partial charge in [-0.15, -0.1) is 0 Å². The Morgan fingerprint density at radius 3 is 2.33 bits per heavy atom. The Bertz CT molecular complexity index is 1160. The first-order chi connectivity index (χ1) is 17.3. The average molecular weight is 491 g/mol. The molecule has 0 bridgehead atoms. The van der Waals surface area contributed by atoms with E-state index in [1.54, 1.807) is 18.2 Å². The summed E-state index contributed by atoms with van der Waals surface area (Å²) >= 11 is 0. The molecule has 1 N–H and O–H groups in total. The first-order valence-corrected chi connectivity index (χ1v) is 12.3. The summed E-state index contributed by atoms with van der Waals surface area (Å²) in [6, 6.07) is 20.7. The van der Waals surface area contributed by atoms with Gasteiger partial charge in [0, 0.05) is 25.1 Å². The second-order valence-electron chi connectivity index (χ2n) is 9.44. The van der Waals surface area contributed by atoms with Crippen molar-refractivity contribution < 1.29 is 18.7 Å². The van der Waals surface area contributed by atoms with E-state index >= 15 is 0 Å². The highest BCUT2D eigenvalue weighted by atomic mass is 19.1. The molecule has 0 spiro atoms. The lowest BCUT2D eigenvalue weighted by molar-refractivity contribution is -0.142. The summed E-state index contributed by atoms with van der Waals surface area (Å²) in [6.45, 7) is 8.09. The van der Waals surface area contributed by atoms with E-state index in [-0.39, 0.29) is 30.9 Å². The van der Waals surface area contributed by atoms with Crippen LogP contribution in [0.3, 0.4) is 0 Å². The zero-order valence-corrected chi connectivity index (χ0v) is 21.5. The summed E-state index contributed by atoms with van der Waals surface area (Å²) in [6.07, 6.45) is 0.300. The Kier molecular flexibility index (Phi) is 9.62. The smallest absolute Gasteiger partial charge is 0.261 e. The molecule has 0 saturated carbocycles. The monoisotopic (exact) mass is 490 g/mol. The van der Waals surface area contributed by atoms with Crippen molar-refractivity contribution in [2.24, 2.45) is 5.92 Å². The van der Waals surface area contributed by atoms with Crippen LogP contribution in [0.1, 0.15) is 36.1 Å². The van der Waals surface area contributed by atoms with Crippen molar-refractivity contribution in [1.82, 2.24) is 10.2 Å². The van der Waals surface area contributed by atoms with Gasteiger partial charge < -0.3 is 15.0 Å². The molecule has 0 aromatic heterocycles. The molecule has 0 aliphatic rings. The van der Waals surface area contributed by atoms with Crippen LogP contribution in [0, 0.1) is 25.6 Å². The molecule has 3 aromatic carbocycles. The van der Waals surface area contributed by atoms with Gasteiger partial charge in [-0.3, -0.25) is 9.59 Å². The topological polar surface area (TPSA) is 58.6 Å². The third kappa shape index (κ3) is 7.41. The summed E-state index contributed by atoms with van der Waals surface area (Å²) in [5.74, 6) is -0.233. The number of carbonyl (C=O) groups is 2. The van der Waals surface area contributed by atoms with Crippen LogP contribution >= 0.6 is 0 Å². The molecule has 3 rings (SSSR count). The number of halogens is 1. The third-order valence-electron chi connectivity index (χ3n) is 6.16. The van der Waals surface area contributed by atoms with E-state index in [2.05, 4.69) is 5.32 Å². The van der Waals surface area contributed by atoms with Gasteiger partial charge in [0.05, 0.1) is 0 Å². The fourth-order valence-electron chi connectivity index (χ4n) is 3.89. The average Bonchev–Trinajstić information content (AvgIpc) is 2.87. The molecule has 0 heterocycles. The van der Waals surface area contributed by atoms with Crippen molar-refractivity contribution >= 4 is 11.8 Å². The second-order valence-corrected chi connectivity index (χ2v) is 9.44. The normalized spacial score (nSPS) is 11.7. The first-order valence-electron chi connectivity index (χ1n) is 12.3. The Morgan fingerprint density at radius 1 is 0.944 bits per heavy atom. The van der Waals surface area contributed by atoms with Crippen LogP contribution < -0.4 is 10.1 Å². The second kappa shape index (κ2) is 12.9. The van der Waals surface area contributed by atoms with Crippen LogP contribution in [0.2, 0.25) is 0 Å². The summed E-state index contributed by atoms with van der Waals surface area (Å²) in [5.41, 5.74) is 3.25. The summed E-state index contributed by atoms with van der Waals surface area (Å²) < 4.78 is 20.5. The van der Waals surface area contributed by atoms with Crippen molar-refractivity contribution in [2.75, 3.05) is 13.2 Å². The van der Waals surface area contributed by atoms with E-state index in [4.69, 9.17) is 4.74 Å². The van der Waals surface area contributed by atoms with E-state index in [0.29, 0.717) is 24.3 Å². The number of ether oxygens (including phenoxy) is 1. The predicted molar refractivity (Wildman–Crippen MR) is 140 cm³/mol. The van der Waals surface area contributed by atoms with Gasteiger partial charge >= 0.3 is 0 Å². The zero-order valence-electron chi connectivity index (χ0n) is 21.5. The molecule has 6 heteroatoms. The van der Waals surface area contributed by atoms with Gasteiger partial charge in [-0.05, 0) is 48.6 Å². The van der Waals surface area contributed by atoms with Crippen LogP contribution in [0.5, 0.6) is 5.75 Å². The predicted octanol–water partition coefficient (Wildman–Crippen LogP) is 5.23. The van der Waals surface area contributed by atoms with Crippen LogP contribution in [0.25, 0.3) is 0 Å². The highest BCUT2D eigenvalue weighted by Gasteiger charge is 2.31. The molecule has 190 valence electrons. The van der Waals surface area contributed by atoms with Crippen LogP contribution in [0.4, 0.5) is 4.39 Å². The first kappa shape index (κ1) is 26.9. The van der Waals surface area contributed by atoms with Crippen molar-refractivity contribution in [3.8, 4) is 5.75 Å². The molecular formula is C30H35FN2O3. The van der Waals surface area contributed by atoms with E-state index in [1.165, 1.54) is 11.0 Å². The van der Waals surface area contributed by atoms with E-state index in [9.17, 15) is 14.0 Å². The van der Waals surface area contributed by atoms with Gasteiger partial charge in [-0.1, -0.05) is 74.5 Å². The molecule has 0 aliphatic heterocycles. The van der Waals surface area contributed by atoms with E-state index < -0.39 is 11.9 Å². The Labute approximate surface area is 213 Å². The minimum Gasteiger partial charge on any atom is -0.483 e. The number of benzene rings is 3. The molecule has 2 amide bonds. The molecular weight excluding hydrogens is 455 g/mol. The quantitative estimate of drug-likeness (QED) is 0.400. The number of amides is 2. The van der Waals surface area contributed by atoms with Crippen molar-refractivity contribution in [1.29, 1.82) is 0 Å². The molecule has 0 fully saturated rings. The zero-order chi connectivity index (χ0) is 26.1. The largest absolute Gasteiger partial charge is 0.483 e. The highest BCUT2D eigenvalue weighted by Crippen LogP contribution is 2.22. The lowest BCUT2D eigenvalue weighted by Crippen LogP contribution is -2.52. The number of hydrogen-bond acceptors (Lipinski definition) is 3. The lowest BCUT2D eigenvalue weighted by Gasteiger charge is -2.32. The number of nitrogens with zero attached hydrogens (tertiary/aromatic N) is 1. The van der Waals surface area contributed by atoms with Crippen molar-refractivity contribution in [3.63, 3.8) is 0 Å². The van der Waals surface area contributed by atoms with E-state index in [1.807, 2.05) is 76.2 Å². The fraction of sp³-hybridized carbons (Fsp3) is 0.333. The summed E-state index contributed by atoms with van der Waals surface area (Å²) in [4.78, 5) is 28.4. The van der Waals surface area contributed by atoms with Gasteiger partial charge in [-0.2, -0.15) is 0 Å². The Hall–Kier alpha value is -3.67. The molecule has 36 heavy (non-hydrogen) atoms. The van der Waals surface area contributed by atoms with Crippen LogP contribution in [0.15, 0.2) is 72.8 Å². The maximum absolute atomic E-state index is 14.6. The lowest BCUT2D eigenvalue weighted by atomic mass is 10.0. The molecule has 3 aromatic rings. The van der Waals surface area contributed by atoms with Gasteiger partial charge in [0.25, 0.3) is 5.91 Å². The Balaban J connectivity index is 1.93. The number of hydrogen-bond donors (Lipinski definition) is 1. The maximum Gasteiger partial charge on any atom is 0.261 e. The molecule has 0 radical (unpaired) electrons. The highest BCUT2D eigenvalue weighted by molar-refractivity contribution is 5.88.